The third-order valence-electron chi connectivity index (χ3n) is 3.20. The molecule has 1 heterocycles. The van der Waals surface area contributed by atoms with Gasteiger partial charge >= 0.3 is 12.1 Å². The van der Waals surface area contributed by atoms with Crippen molar-refractivity contribution in [1.29, 1.82) is 0 Å². The molecule has 1 atom stereocenters. The third-order valence-corrected chi connectivity index (χ3v) is 3.20. The summed E-state index contributed by atoms with van der Waals surface area (Å²) < 4.78 is 42.6. The summed E-state index contributed by atoms with van der Waals surface area (Å²) in [6, 6.07) is 3.31. The Hall–Kier alpha value is -1.60. The first-order chi connectivity index (χ1) is 9.39. The van der Waals surface area contributed by atoms with Crippen LogP contribution in [0, 0.1) is 0 Å². The Morgan fingerprint density at radius 1 is 1.20 bits per heavy atom. The first-order valence-corrected chi connectivity index (χ1v) is 6.11. The molecule has 1 saturated heterocycles. The second-order valence-electron chi connectivity index (χ2n) is 4.51. The normalized spacial score (nSPS) is 18.8. The Morgan fingerprint density at radius 2 is 1.75 bits per heavy atom. The van der Waals surface area contributed by atoms with E-state index in [1.165, 1.54) is 12.1 Å². The van der Waals surface area contributed by atoms with Crippen LogP contribution in [0.2, 0.25) is 0 Å². The van der Waals surface area contributed by atoms with Crippen molar-refractivity contribution in [2.45, 2.75) is 12.2 Å². The average molecular weight is 289 g/mol. The summed E-state index contributed by atoms with van der Waals surface area (Å²) >= 11 is 0. The number of carboxylic acids is 1. The first kappa shape index (κ1) is 14.8. The number of aliphatic carboxylic acids is 1. The van der Waals surface area contributed by atoms with Gasteiger partial charge in [0.25, 0.3) is 0 Å². The van der Waals surface area contributed by atoms with Crippen LogP contribution >= 0.6 is 0 Å². The number of nitrogens with zero attached hydrogens (tertiary/aromatic N) is 1. The van der Waals surface area contributed by atoms with Crippen molar-refractivity contribution in [2.75, 3.05) is 26.3 Å². The van der Waals surface area contributed by atoms with Crippen LogP contribution in [-0.4, -0.2) is 42.3 Å². The predicted octanol–water partition coefficient (Wildman–Crippen LogP) is 2.16. The molecule has 1 N–H and O–H groups in total. The summed E-state index contributed by atoms with van der Waals surface area (Å²) in [6.07, 6.45) is -4.42. The second kappa shape index (κ2) is 5.80. The van der Waals surface area contributed by atoms with Crippen molar-refractivity contribution >= 4 is 5.97 Å². The fourth-order valence-electron chi connectivity index (χ4n) is 2.20. The number of ether oxygens (including phenoxy) is 1. The van der Waals surface area contributed by atoms with Crippen LogP contribution < -0.4 is 0 Å². The highest BCUT2D eigenvalue weighted by molar-refractivity contribution is 5.75. The maximum absolute atomic E-state index is 12.5. The molecule has 0 bridgehead atoms. The standard InChI is InChI=1S/C13H14F3NO3/c14-13(15,16)10-3-1-9(2-4-10)11(12(18)19)17-5-7-20-8-6-17/h1-4,11H,5-8H2,(H,18,19)/t11-/m1/s1. The van der Waals surface area contributed by atoms with Crippen LogP contribution in [-0.2, 0) is 15.7 Å². The summed E-state index contributed by atoms with van der Waals surface area (Å²) in [6.45, 7) is 1.73. The van der Waals surface area contributed by atoms with Gasteiger partial charge in [0.2, 0.25) is 0 Å². The second-order valence-corrected chi connectivity index (χ2v) is 4.51. The Labute approximate surface area is 113 Å². The third kappa shape index (κ3) is 3.29. The molecule has 0 saturated carbocycles. The van der Waals surface area contributed by atoms with E-state index in [2.05, 4.69) is 0 Å². The van der Waals surface area contributed by atoms with Crippen molar-refractivity contribution in [1.82, 2.24) is 4.90 Å². The van der Waals surface area contributed by atoms with Gasteiger partial charge in [-0.2, -0.15) is 13.2 Å². The molecule has 1 fully saturated rings. The molecule has 110 valence electrons. The fraction of sp³-hybridized carbons (Fsp3) is 0.462. The molecule has 0 radical (unpaired) electrons. The van der Waals surface area contributed by atoms with Gasteiger partial charge in [-0.15, -0.1) is 0 Å². The average Bonchev–Trinajstić information content (AvgIpc) is 2.39. The zero-order valence-electron chi connectivity index (χ0n) is 10.6. The number of halogens is 3. The van der Waals surface area contributed by atoms with Crippen LogP contribution in [0.1, 0.15) is 17.2 Å². The quantitative estimate of drug-likeness (QED) is 0.926. The Balaban J connectivity index is 2.23. The number of benzene rings is 1. The van der Waals surface area contributed by atoms with Crippen molar-refractivity contribution in [3.8, 4) is 0 Å². The maximum Gasteiger partial charge on any atom is 0.416 e. The van der Waals surface area contributed by atoms with E-state index in [-0.39, 0.29) is 0 Å². The van der Waals surface area contributed by atoms with E-state index in [0.717, 1.165) is 12.1 Å². The highest BCUT2D eigenvalue weighted by Crippen LogP contribution is 2.31. The molecule has 0 amide bonds. The Bertz CT molecular complexity index is 467. The van der Waals surface area contributed by atoms with Crippen molar-refractivity contribution in [3.63, 3.8) is 0 Å². The van der Waals surface area contributed by atoms with Gasteiger partial charge in [-0.1, -0.05) is 12.1 Å². The summed E-state index contributed by atoms with van der Waals surface area (Å²) in [5.74, 6) is -1.08. The molecule has 4 nitrogen and oxygen atoms in total. The molecule has 7 heteroatoms. The van der Waals surface area contributed by atoms with Crippen molar-refractivity contribution < 1.29 is 27.8 Å². The molecule has 2 rings (SSSR count). The largest absolute Gasteiger partial charge is 0.480 e. The van der Waals surface area contributed by atoms with Crippen molar-refractivity contribution in [2.24, 2.45) is 0 Å². The molecule has 0 aromatic heterocycles. The number of hydrogen-bond acceptors (Lipinski definition) is 3. The molecule has 1 aliphatic heterocycles. The molecule has 20 heavy (non-hydrogen) atoms. The lowest BCUT2D eigenvalue weighted by atomic mass is 10.0. The van der Waals surface area contributed by atoms with Gasteiger partial charge in [-0.3, -0.25) is 9.69 Å². The molecule has 0 unspecified atom stereocenters. The van der Waals surface area contributed by atoms with E-state index >= 15 is 0 Å². The summed E-state index contributed by atoms with van der Waals surface area (Å²) in [7, 11) is 0. The van der Waals surface area contributed by atoms with E-state index in [1.807, 2.05) is 0 Å². The number of carbonyl (C=O) groups is 1. The Morgan fingerprint density at radius 3 is 2.20 bits per heavy atom. The van der Waals surface area contributed by atoms with Crippen molar-refractivity contribution in [3.05, 3.63) is 35.4 Å². The fourth-order valence-corrected chi connectivity index (χ4v) is 2.20. The van der Waals surface area contributed by atoms with E-state index < -0.39 is 23.8 Å². The molecule has 1 aromatic rings. The number of hydrogen-bond donors (Lipinski definition) is 1. The summed E-state index contributed by atoms with van der Waals surface area (Å²) in [5, 5.41) is 9.30. The topological polar surface area (TPSA) is 49.8 Å². The molecule has 0 aliphatic carbocycles. The minimum atomic E-state index is -4.42. The van der Waals surface area contributed by atoms with Gasteiger partial charge in [0.05, 0.1) is 18.8 Å². The van der Waals surface area contributed by atoms with Crippen LogP contribution in [0.25, 0.3) is 0 Å². The first-order valence-electron chi connectivity index (χ1n) is 6.11. The van der Waals surface area contributed by atoms with E-state index in [4.69, 9.17) is 4.74 Å². The molecular formula is C13H14F3NO3. The Kier molecular flexibility index (Phi) is 4.29. The zero-order valence-corrected chi connectivity index (χ0v) is 10.6. The highest BCUT2D eigenvalue weighted by atomic mass is 19.4. The van der Waals surface area contributed by atoms with Crippen LogP contribution in [0.5, 0.6) is 0 Å². The van der Waals surface area contributed by atoms with Gasteiger partial charge in [0, 0.05) is 13.1 Å². The SMILES string of the molecule is O=C(O)[C@@H](c1ccc(C(F)(F)F)cc1)N1CCOCC1. The maximum atomic E-state index is 12.5. The highest BCUT2D eigenvalue weighted by Gasteiger charge is 2.32. The molecule has 1 aliphatic rings. The molecule has 1 aromatic carbocycles. The van der Waals surface area contributed by atoms with Gasteiger partial charge in [-0.05, 0) is 17.7 Å². The minimum Gasteiger partial charge on any atom is -0.480 e. The van der Waals surface area contributed by atoms with E-state index in [9.17, 15) is 23.1 Å². The zero-order chi connectivity index (χ0) is 14.8. The number of rotatable bonds is 3. The monoisotopic (exact) mass is 289 g/mol. The van der Waals surface area contributed by atoms with Gasteiger partial charge in [0.1, 0.15) is 6.04 Å². The predicted molar refractivity (Wildman–Crippen MR) is 64.2 cm³/mol. The lowest BCUT2D eigenvalue weighted by Gasteiger charge is -2.32. The summed E-state index contributed by atoms with van der Waals surface area (Å²) in [5.41, 5.74) is -0.445. The van der Waals surface area contributed by atoms with E-state index in [0.29, 0.717) is 31.9 Å². The lowest BCUT2D eigenvalue weighted by Crippen LogP contribution is -2.42. The smallest absolute Gasteiger partial charge is 0.416 e. The molecule has 0 spiro atoms. The van der Waals surface area contributed by atoms with Gasteiger partial charge in [-0.25, -0.2) is 0 Å². The lowest BCUT2D eigenvalue weighted by molar-refractivity contribution is -0.145. The van der Waals surface area contributed by atoms with Crippen LogP contribution in [0.4, 0.5) is 13.2 Å². The number of alkyl halides is 3. The van der Waals surface area contributed by atoms with Crippen LogP contribution in [0.3, 0.4) is 0 Å². The summed E-state index contributed by atoms with van der Waals surface area (Å²) in [4.78, 5) is 13.1. The molecular weight excluding hydrogens is 275 g/mol. The number of morpholine rings is 1. The van der Waals surface area contributed by atoms with Gasteiger partial charge < -0.3 is 9.84 Å². The van der Waals surface area contributed by atoms with Gasteiger partial charge in [0.15, 0.2) is 0 Å². The number of carboxylic acid groups (broad SMARTS) is 1. The van der Waals surface area contributed by atoms with Crippen LogP contribution in [0.15, 0.2) is 24.3 Å². The minimum absolute atomic E-state index is 0.340. The van der Waals surface area contributed by atoms with E-state index in [1.54, 1.807) is 4.90 Å².